The lowest BCUT2D eigenvalue weighted by molar-refractivity contribution is -0.121. The van der Waals surface area contributed by atoms with Crippen LogP contribution in [0.15, 0.2) is 27.7 Å². The molecule has 0 aromatic heterocycles. The van der Waals surface area contributed by atoms with Gasteiger partial charge in [0.2, 0.25) is 5.91 Å². The summed E-state index contributed by atoms with van der Waals surface area (Å²) in [6.45, 7) is -1.51. The lowest BCUT2D eigenvalue weighted by Gasteiger charge is -2.17. The summed E-state index contributed by atoms with van der Waals surface area (Å²) >= 11 is -0.622. The van der Waals surface area contributed by atoms with E-state index in [0.29, 0.717) is 0 Å². The highest BCUT2D eigenvalue weighted by atomic mass is 127. The Bertz CT molecular complexity index is 906. The number of aliphatic hydroxyl groups excluding tert-OH is 2. The van der Waals surface area contributed by atoms with Gasteiger partial charge in [-0.3, -0.25) is 14.4 Å². The maximum atomic E-state index is 14.8. The first-order valence-corrected chi connectivity index (χ1v) is 11.1. The van der Waals surface area contributed by atoms with Gasteiger partial charge in [-0.15, -0.1) is 0 Å². The molecule has 30 heavy (non-hydrogen) atoms. The Balaban J connectivity index is 2.41. The van der Waals surface area contributed by atoms with Crippen molar-refractivity contribution in [2.24, 2.45) is 0 Å². The van der Waals surface area contributed by atoms with Crippen LogP contribution in [0, 0.1) is 11.6 Å². The van der Waals surface area contributed by atoms with E-state index in [1.54, 1.807) is 4.08 Å². The number of benzene rings is 1. The van der Waals surface area contributed by atoms with Gasteiger partial charge in [-0.25, -0.2) is 18.7 Å². The van der Waals surface area contributed by atoms with Crippen molar-refractivity contribution in [2.45, 2.75) is 13.0 Å². The summed E-state index contributed by atoms with van der Waals surface area (Å²) < 4.78 is 46.4. The zero-order chi connectivity index (χ0) is 22.1. The van der Waals surface area contributed by atoms with Crippen molar-refractivity contribution in [3.8, 4) is 0 Å². The number of rotatable bonds is 10. The fourth-order valence-electron chi connectivity index (χ4n) is 2.28. The van der Waals surface area contributed by atoms with Crippen LogP contribution in [0.3, 0.4) is 0 Å². The summed E-state index contributed by atoms with van der Waals surface area (Å²) in [5.74, 6) is -5.04. The molecule has 12 heteroatoms. The number of carbonyl (C=O) groups excluding carboxylic acids is 2. The molecule has 0 radical (unpaired) electrons. The first kappa shape index (κ1) is 24.0. The molecule has 0 fully saturated rings. The van der Waals surface area contributed by atoms with Gasteiger partial charge in [-0.2, -0.15) is 0 Å². The summed E-state index contributed by atoms with van der Waals surface area (Å²) in [4.78, 5) is 28.6. The van der Waals surface area contributed by atoms with E-state index in [9.17, 15) is 22.8 Å². The highest BCUT2D eigenvalue weighted by molar-refractivity contribution is 14.2. The molecule has 2 amide bonds. The van der Waals surface area contributed by atoms with Gasteiger partial charge in [0.1, 0.15) is 0 Å². The fraction of sp³-hybridized carbons (Fsp3) is 0.278. The summed E-state index contributed by atoms with van der Waals surface area (Å²) in [5, 5.41) is 22.2. The standard InChI is InChI=1S/C18H19F3IN3O5/c19-12-8-22-3-1-13(12)24-17-11(18(29)25-30-6-5-27)7-10(15(20)16(17)21)9-23-14(28)2-4-26/h1,3,7-8,24,26-27H,2,4-6,9H2,(H,23,28)(H,25,29). The molecule has 0 unspecified atom stereocenters. The topological polar surface area (TPSA) is 120 Å². The average Bonchev–Trinajstić information content (AvgIpc) is 2.72. The minimum absolute atomic E-state index is 0.145. The predicted molar refractivity (Wildman–Crippen MR) is 111 cm³/mol. The molecule has 164 valence electrons. The van der Waals surface area contributed by atoms with Crippen molar-refractivity contribution in [2.75, 3.05) is 25.1 Å². The van der Waals surface area contributed by atoms with Crippen LogP contribution < -0.4 is 16.1 Å². The third-order valence-corrected chi connectivity index (χ3v) is 5.36. The van der Waals surface area contributed by atoms with Gasteiger partial charge >= 0.3 is 0 Å². The SMILES string of the molecule is O=C(CCO)NCc1cc(C(=O)NOCCO)c(NC2=C(F)C=IC=C2)c(F)c1F. The van der Waals surface area contributed by atoms with Gasteiger partial charge in [0.05, 0.1) is 36.8 Å². The summed E-state index contributed by atoms with van der Waals surface area (Å²) in [5.41, 5.74) is 0.450. The molecule has 0 saturated carbocycles. The third kappa shape index (κ3) is 6.35. The van der Waals surface area contributed by atoms with E-state index in [1.807, 2.05) is 5.48 Å². The van der Waals surface area contributed by atoms with Gasteiger partial charge in [-0.1, -0.05) is 20.7 Å². The van der Waals surface area contributed by atoms with Gasteiger partial charge < -0.3 is 20.8 Å². The van der Waals surface area contributed by atoms with Crippen molar-refractivity contribution < 1.29 is 37.8 Å². The monoisotopic (exact) mass is 541 g/mol. The minimum Gasteiger partial charge on any atom is -0.396 e. The second-order valence-electron chi connectivity index (χ2n) is 5.75. The molecule has 0 spiro atoms. The van der Waals surface area contributed by atoms with Crippen molar-refractivity contribution in [3.05, 3.63) is 50.5 Å². The van der Waals surface area contributed by atoms with E-state index in [1.165, 1.54) is 10.1 Å². The number of anilines is 1. The number of hydroxylamine groups is 1. The second kappa shape index (κ2) is 11.8. The Hall–Kier alpha value is -2.29. The van der Waals surface area contributed by atoms with E-state index in [0.717, 1.165) is 6.07 Å². The van der Waals surface area contributed by atoms with E-state index in [2.05, 4.69) is 10.6 Å². The Kier molecular flexibility index (Phi) is 9.42. The number of allylic oxidation sites excluding steroid dienone is 2. The molecule has 0 aliphatic carbocycles. The average molecular weight is 541 g/mol. The first-order valence-electron chi connectivity index (χ1n) is 8.59. The van der Waals surface area contributed by atoms with E-state index < -0.39 is 81.0 Å². The first-order chi connectivity index (χ1) is 14.4. The van der Waals surface area contributed by atoms with E-state index >= 15 is 0 Å². The van der Waals surface area contributed by atoms with Crippen molar-refractivity contribution in [1.29, 1.82) is 0 Å². The Labute approximate surface area is 179 Å². The van der Waals surface area contributed by atoms with Crippen LogP contribution in [0.25, 0.3) is 0 Å². The Morgan fingerprint density at radius 2 is 1.90 bits per heavy atom. The van der Waals surface area contributed by atoms with Crippen LogP contribution in [0.5, 0.6) is 0 Å². The molecule has 5 N–H and O–H groups in total. The molecular weight excluding hydrogens is 522 g/mol. The molecule has 0 bridgehead atoms. The molecule has 1 aromatic carbocycles. The largest absolute Gasteiger partial charge is 0.396 e. The zero-order valence-corrected chi connectivity index (χ0v) is 17.6. The van der Waals surface area contributed by atoms with Crippen LogP contribution in [0.4, 0.5) is 18.9 Å². The number of hydrogen-bond acceptors (Lipinski definition) is 6. The number of nitrogens with one attached hydrogen (secondary N) is 3. The van der Waals surface area contributed by atoms with Crippen LogP contribution >= 0.6 is 20.7 Å². The van der Waals surface area contributed by atoms with Gasteiger partial charge in [0, 0.05) is 22.5 Å². The van der Waals surface area contributed by atoms with Crippen LogP contribution in [0.2, 0.25) is 0 Å². The maximum absolute atomic E-state index is 14.8. The molecule has 8 nitrogen and oxygen atoms in total. The lowest BCUT2D eigenvalue weighted by atomic mass is 10.1. The zero-order valence-electron chi connectivity index (χ0n) is 15.5. The van der Waals surface area contributed by atoms with Crippen molar-refractivity contribution in [1.82, 2.24) is 10.8 Å². The number of aliphatic hydroxyl groups is 2. The Morgan fingerprint density at radius 1 is 1.13 bits per heavy atom. The van der Waals surface area contributed by atoms with Crippen LogP contribution in [-0.4, -0.2) is 45.9 Å². The summed E-state index contributed by atoms with van der Waals surface area (Å²) in [6.07, 6.45) is 1.14. The van der Waals surface area contributed by atoms with E-state index in [4.69, 9.17) is 15.1 Å². The normalized spacial score (nSPS) is 13.1. The number of halogens is 4. The smallest absolute Gasteiger partial charge is 0.277 e. The second-order valence-corrected chi connectivity index (χ2v) is 7.82. The number of amides is 2. The van der Waals surface area contributed by atoms with Gasteiger partial charge in [0.15, 0.2) is 17.5 Å². The fourth-order valence-corrected chi connectivity index (χ4v) is 3.70. The number of carbonyl (C=O) groups is 2. The lowest BCUT2D eigenvalue weighted by Crippen LogP contribution is -2.28. The molecule has 0 saturated heterocycles. The Morgan fingerprint density at radius 3 is 2.57 bits per heavy atom. The molecule has 2 rings (SSSR count). The van der Waals surface area contributed by atoms with Crippen LogP contribution in [0.1, 0.15) is 22.3 Å². The summed E-state index contributed by atoms with van der Waals surface area (Å²) in [6, 6.07) is 0.985. The predicted octanol–water partition coefficient (Wildman–Crippen LogP) is 1.51. The maximum Gasteiger partial charge on any atom is 0.277 e. The van der Waals surface area contributed by atoms with E-state index in [-0.39, 0.29) is 24.3 Å². The molecular formula is C18H19F3IN3O5. The number of hydrogen-bond donors (Lipinski definition) is 5. The molecule has 1 aliphatic heterocycles. The molecule has 1 aliphatic rings. The van der Waals surface area contributed by atoms with Crippen molar-refractivity contribution >= 4 is 42.2 Å². The van der Waals surface area contributed by atoms with Gasteiger partial charge in [0.25, 0.3) is 5.91 Å². The van der Waals surface area contributed by atoms with Crippen molar-refractivity contribution in [3.63, 3.8) is 0 Å². The summed E-state index contributed by atoms with van der Waals surface area (Å²) in [7, 11) is 0. The van der Waals surface area contributed by atoms with Gasteiger partial charge in [-0.05, 0) is 16.2 Å². The highest BCUT2D eigenvalue weighted by Crippen LogP contribution is 2.29. The highest BCUT2D eigenvalue weighted by Gasteiger charge is 2.24. The molecule has 1 aromatic rings. The molecule has 1 heterocycles. The quantitative estimate of drug-likeness (QED) is 0.174. The third-order valence-electron chi connectivity index (χ3n) is 3.68. The van der Waals surface area contributed by atoms with Crippen LogP contribution in [-0.2, 0) is 16.2 Å². The minimum atomic E-state index is -1.45. The molecule has 0 atom stereocenters.